The van der Waals surface area contributed by atoms with E-state index in [0.717, 1.165) is 43.0 Å². The summed E-state index contributed by atoms with van der Waals surface area (Å²) in [4.78, 5) is 18.0. The van der Waals surface area contributed by atoms with E-state index in [1.54, 1.807) is 0 Å². The van der Waals surface area contributed by atoms with Crippen molar-refractivity contribution in [3.05, 3.63) is 46.2 Å². The molecule has 3 heterocycles. The van der Waals surface area contributed by atoms with Crippen molar-refractivity contribution in [3.8, 4) is 0 Å². The van der Waals surface area contributed by atoms with Crippen LogP contribution in [0.3, 0.4) is 0 Å². The second-order valence-corrected chi connectivity index (χ2v) is 6.99. The summed E-state index contributed by atoms with van der Waals surface area (Å²) in [5, 5.41) is 1.97. The van der Waals surface area contributed by atoms with E-state index in [-0.39, 0.29) is 5.91 Å². The molecule has 3 nitrogen and oxygen atoms in total. The number of anilines is 2. The van der Waals surface area contributed by atoms with Gasteiger partial charge in [0.15, 0.2) is 0 Å². The number of nitrogens with zero attached hydrogens (tertiary/aromatic N) is 2. The molecule has 1 saturated heterocycles. The van der Waals surface area contributed by atoms with Gasteiger partial charge in [0, 0.05) is 31.0 Å². The van der Waals surface area contributed by atoms with Crippen LogP contribution in [0.25, 0.3) is 0 Å². The maximum absolute atomic E-state index is 12.8. The van der Waals surface area contributed by atoms with Crippen LogP contribution < -0.4 is 9.80 Å². The van der Waals surface area contributed by atoms with Crippen LogP contribution in [0.2, 0.25) is 0 Å². The lowest BCUT2D eigenvalue weighted by atomic mass is 10.0. The van der Waals surface area contributed by atoms with Crippen LogP contribution >= 0.6 is 11.3 Å². The maximum atomic E-state index is 12.8. The quantitative estimate of drug-likeness (QED) is 0.838. The van der Waals surface area contributed by atoms with Gasteiger partial charge in [-0.25, -0.2) is 0 Å². The molecule has 2 aliphatic rings. The van der Waals surface area contributed by atoms with Gasteiger partial charge in [-0.3, -0.25) is 4.79 Å². The highest BCUT2D eigenvalue weighted by Crippen LogP contribution is 2.33. The predicted octanol–water partition coefficient (Wildman–Crippen LogP) is 3.94. The van der Waals surface area contributed by atoms with Crippen LogP contribution in [0.1, 0.15) is 34.5 Å². The molecule has 1 aromatic heterocycles. The number of thiophene rings is 1. The second kappa shape index (κ2) is 5.76. The standard InChI is InChI=1S/C18H20N2OS/c21-18(17-6-4-12-22-17)20-11-3-5-14-7-8-15(13-16(14)20)19-9-1-2-10-19/h4,6-8,12-13H,1-3,5,9-11H2. The fourth-order valence-electron chi connectivity index (χ4n) is 3.48. The van der Waals surface area contributed by atoms with Gasteiger partial charge in [-0.05, 0) is 54.8 Å². The molecule has 0 aliphatic carbocycles. The zero-order chi connectivity index (χ0) is 14.9. The van der Waals surface area contributed by atoms with Gasteiger partial charge in [-0.15, -0.1) is 11.3 Å². The number of carbonyl (C=O) groups is 1. The minimum absolute atomic E-state index is 0.148. The Balaban J connectivity index is 1.69. The first-order valence-corrected chi connectivity index (χ1v) is 8.94. The minimum Gasteiger partial charge on any atom is -0.371 e. The Morgan fingerprint density at radius 1 is 1.05 bits per heavy atom. The number of hydrogen-bond acceptors (Lipinski definition) is 3. The summed E-state index contributed by atoms with van der Waals surface area (Å²) < 4.78 is 0. The number of benzene rings is 1. The zero-order valence-electron chi connectivity index (χ0n) is 12.6. The Kier molecular flexibility index (Phi) is 3.62. The van der Waals surface area contributed by atoms with Crippen molar-refractivity contribution in [2.24, 2.45) is 0 Å². The monoisotopic (exact) mass is 312 g/mol. The Labute approximate surface area is 135 Å². The van der Waals surface area contributed by atoms with E-state index in [1.807, 2.05) is 22.4 Å². The van der Waals surface area contributed by atoms with Crippen LogP contribution in [-0.2, 0) is 6.42 Å². The van der Waals surface area contributed by atoms with E-state index >= 15 is 0 Å². The molecule has 0 bridgehead atoms. The third kappa shape index (κ3) is 2.41. The predicted molar refractivity (Wildman–Crippen MR) is 92.2 cm³/mol. The molecule has 1 fully saturated rings. The highest BCUT2D eigenvalue weighted by atomic mass is 32.1. The topological polar surface area (TPSA) is 23.6 Å². The molecule has 0 atom stereocenters. The van der Waals surface area contributed by atoms with E-state index in [0.29, 0.717) is 0 Å². The Hall–Kier alpha value is -1.81. The van der Waals surface area contributed by atoms with E-state index in [4.69, 9.17) is 0 Å². The molecule has 0 spiro atoms. The molecule has 1 aromatic carbocycles. The van der Waals surface area contributed by atoms with Crippen LogP contribution in [0.4, 0.5) is 11.4 Å². The molecule has 0 N–H and O–H groups in total. The maximum Gasteiger partial charge on any atom is 0.268 e. The van der Waals surface area contributed by atoms with E-state index < -0.39 is 0 Å². The fraction of sp³-hybridized carbons (Fsp3) is 0.389. The first-order valence-electron chi connectivity index (χ1n) is 8.06. The first kappa shape index (κ1) is 13.8. The van der Waals surface area contributed by atoms with Gasteiger partial charge in [0.05, 0.1) is 4.88 Å². The average molecular weight is 312 g/mol. The lowest BCUT2D eigenvalue weighted by Gasteiger charge is -2.31. The van der Waals surface area contributed by atoms with Crippen molar-refractivity contribution >= 4 is 28.6 Å². The summed E-state index contributed by atoms with van der Waals surface area (Å²) in [5.74, 6) is 0.148. The smallest absolute Gasteiger partial charge is 0.268 e. The van der Waals surface area contributed by atoms with Gasteiger partial charge < -0.3 is 9.80 Å². The largest absolute Gasteiger partial charge is 0.371 e. The molecule has 1 amide bonds. The summed E-state index contributed by atoms with van der Waals surface area (Å²) >= 11 is 1.53. The highest BCUT2D eigenvalue weighted by molar-refractivity contribution is 7.12. The molecule has 0 saturated carbocycles. The number of carbonyl (C=O) groups excluding carboxylic acids is 1. The molecular weight excluding hydrogens is 292 g/mol. The van der Waals surface area contributed by atoms with Crippen molar-refractivity contribution in [1.82, 2.24) is 0 Å². The Morgan fingerprint density at radius 3 is 2.68 bits per heavy atom. The van der Waals surface area contributed by atoms with Gasteiger partial charge in [0.25, 0.3) is 5.91 Å². The molecular formula is C18H20N2OS. The molecule has 0 radical (unpaired) electrons. The molecule has 0 unspecified atom stereocenters. The highest BCUT2D eigenvalue weighted by Gasteiger charge is 2.25. The first-order chi connectivity index (χ1) is 10.8. The molecule has 2 aromatic rings. The number of amides is 1. The molecule has 114 valence electrons. The number of aryl methyl sites for hydroxylation is 1. The zero-order valence-corrected chi connectivity index (χ0v) is 13.4. The van der Waals surface area contributed by atoms with Crippen molar-refractivity contribution in [2.45, 2.75) is 25.7 Å². The third-order valence-corrected chi connectivity index (χ3v) is 5.49. The average Bonchev–Trinajstić information content (AvgIpc) is 3.26. The van der Waals surface area contributed by atoms with Gasteiger partial charge in [0.1, 0.15) is 0 Å². The normalized spacial score (nSPS) is 17.6. The van der Waals surface area contributed by atoms with Crippen LogP contribution in [0, 0.1) is 0 Å². The molecule has 22 heavy (non-hydrogen) atoms. The molecule has 4 heteroatoms. The summed E-state index contributed by atoms with van der Waals surface area (Å²) in [6.45, 7) is 3.10. The Morgan fingerprint density at radius 2 is 1.91 bits per heavy atom. The fourth-order valence-corrected chi connectivity index (χ4v) is 4.15. The van der Waals surface area contributed by atoms with Crippen molar-refractivity contribution < 1.29 is 4.79 Å². The lowest BCUT2D eigenvalue weighted by molar-refractivity contribution is 0.0989. The molecule has 2 aliphatic heterocycles. The van der Waals surface area contributed by atoms with E-state index in [2.05, 4.69) is 23.1 Å². The van der Waals surface area contributed by atoms with Gasteiger partial charge >= 0.3 is 0 Å². The van der Waals surface area contributed by atoms with Crippen molar-refractivity contribution in [2.75, 3.05) is 29.4 Å². The van der Waals surface area contributed by atoms with Crippen LogP contribution in [0.5, 0.6) is 0 Å². The van der Waals surface area contributed by atoms with Crippen molar-refractivity contribution in [3.63, 3.8) is 0 Å². The summed E-state index contributed by atoms with van der Waals surface area (Å²) in [5.41, 5.74) is 3.69. The number of fused-ring (bicyclic) bond motifs is 1. The van der Waals surface area contributed by atoms with Gasteiger partial charge in [-0.1, -0.05) is 12.1 Å². The van der Waals surface area contributed by atoms with Crippen LogP contribution in [0.15, 0.2) is 35.7 Å². The number of hydrogen-bond donors (Lipinski definition) is 0. The van der Waals surface area contributed by atoms with Crippen molar-refractivity contribution in [1.29, 1.82) is 0 Å². The summed E-state index contributed by atoms with van der Waals surface area (Å²) in [6, 6.07) is 10.5. The lowest BCUT2D eigenvalue weighted by Crippen LogP contribution is -2.35. The minimum atomic E-state index is 0.148. The number of rotatable bonds is 2. The summed E-state index contributed by atoms with van der Waals surface area (Å²) in [6.07, 6.45) is 4.67. The van der Waals surface area contributed by atoms with Crippen LogP contribution in [-0.4, -0.2) is 25.5 Å². The Bertz CT molecular complexity index is 674. The second-order valence-electron chi connectivity index (χ2n) is 6.04. The van der Waals surface area contributed by atoms with E-state index in [9.17, 15) is 4.79 Å². The van der Waals surface area contributed by atoms with Gasteiger partial charge in [-0.2, -0.15) is 0 Å². The van der Waals surface area contributed by atoms with Gasteiger partial charge in [0.2, 0.25) is 0 Å². The third-order valence-electron chi connectivity index (χ3n) is 4.64. The SMILES string of the molecule is O=C(c1cccs1)N1CCCc2ccc(N3CCCC3)cc21. The molecule has 4 rings (SSSR count). The summed E-state index contributed by atoms with van der Waals surface area (Å²) in [7, 11) is 0. The van der Waals surface area contributed by atoms with E-state index in [1.165, 1.54) is 35.4 Å².